The van der Waals surface area contributed by atoms with Crippen LogP contribution in [0.15, 0.2) is 46.3 Å². The summed E-state index contributed by atoms with van der Waals surface area (Å²) in [6, 6.07) is 9.11. The molecule has 3 heterocycles. The predicted octanol–water partition coefficient (Wildman–Crippen LogP) is 4.24. The Bertz CT molecular complexity index is 1050. The molecule has 23 heavy (non-hydrogen) atoms. The lowest BCUT2D eigenvalue weighted by atomic mass is 10.1. The molecule has 0 unspecified atom stereocenters. The number of hydrogen-bond acceptors (Lipinski definition) is 5. The fraction of sp³-hybridized carbons (Fsp3) is 0.0588. The lowest BCUT2D eigenvalue weighted by Crippen LogP contribution is -2.11. The Kier molecular flexibility index (Phi) is 3.06. The van der Waals surface area contributed by atoms with Gasteiger partial charge in [0.2, 0.25) is 0 Å². The predicted molar refractivity (Wildman–Crippen MR) is 89.2 cm³/mol. The number of fused-ring (bicyclic) bond motifs is 2. The van der Waals surface area contributed by atoms with E-state index >= 15 is 0 Å². The van der Waals surface area contributed by atoms with Crippen LogP contribution < -0.4 is 10.5 Å². The molecule has 5 nitrogen and oxygen atoms in total. The van der Waals surface area contributed by atoms with Gasteiger partial charge < -0.3 is 14.9 Å². The van der Waals surface area contributed by atoms with Crippen LogP contribution in [0.3, 0.4) is 0 Å². The number of hydrogen-bond donors (Lipinski definition) is 1. The Morgan fingerprint density at radius 2 is 2.17 bits per heavy atom. The van der Waals surface area contributed by atoms with E-state index in [2.05, 4.69) is 4.98 Å². The molecule has 1 aromatic carbocycles. The molecule has 0 radical (unpaired) electrons. The number of furan rings is 1. The molecule has 2 N–H and O–H groups in total. The summed E-state index contributed by atoms with van der Waals surface area (Å²) in [5.41, 5.74) is 7.29. The van der Waals surface area contributed by atoms with E-state index in [0.29, 0.717) is 28.0 Å². The number of amides is 1. The van der Waals surface area contributed by atoms with Crippen molar-refractivity contribution in [3.8, 4) is 11.5 Å². The number of aryl methyl sites for hydroxylation is 1. The summed E-state index contributed by atoms with van der Waals surface area (Å²) >= 11 is 1.58. The third-order valence-corrected chi connectivity index (χ3v) is 4.54. The lowest BCUT2D eigenvalue weighted by molar-refractivity contribution is 0.1000. The Labute approximate surface area is 135 Å². The van der Waals surface area contributed by atoms with E-state index in [9.17, 15) is 4.79 Å². The van der Waals surface area contributed by atoms with E-state index in [0.717, 1.165) is 16.0 Å². The van der Waals surface area contributed by atoms with E-state index in [-0.39, 0.29) is 0 Å². The normalized spacial score (nSPS) is 11.2. The van der Waals surface area contributed by atoms with Gasteiger partial charge in [0.05, 0.1) is 15.8 Å². The highest BCUT2D eigenvalue weighted by Gasteiger charge is 2.16. The van der Waals surface area contributed by atoms with Crippen LogP contribution in [0.2, 0.25) is 0 Å². The number of primary amides is 1. The zero-order valence-electron chi connectivity index (χ0n) is 12.2. The van der Waals surface area contributed by atoms with E-state index in [4.69, 9.17) is 14.9 Å². The fourth-order valence-corrected chi connectivity index (χ4v) is 3.43. The lowest BCUT2D eigenvalue weighted by Gasteiger charge is -2.06. The maximum absolute atomic E-state index is 11.5. The van der Waals surface area contributed by atoms with E-state index in [1.54, 1.807) is 42.7 Å². The number of nitrogens with zero attached hydrogens (tertiary/aromatic N) is 1. The molecule has 0 saturated heterocycles. The zero-order valence-corrected chi connectivity index (χ0v) is 13.0. The van der Waals surface area contributed by atoms with Gasteiger partial charge in [0.15, 0.2) is 0 Å². The van der Waals surface area contributed by atoms with Crippen molar-refractivity contribution in [2.45, 2.75) is 6.92 Å². The number of pyridine rings is 1. The molecular formula is C17H12N2O3S. The van der Waals surface area contributed by atoms with Gasteiger partial charge in [-0.05, 0) is 30.5 Å². The quantitative estimate of drug-likeness (QED) is 0.611. The van der Waals surface area contributed by atoms with E-state index in [1.165, 1.54) is 0 Å². The number of rotatable bonds is 3. The molecule has 0 aliphatic rings. The second-order valence-electron chi connectivity index (χ2n) is 5.10. The van der Waals surface area contributed by atoms with Crippen LogP contribution in [0, 0.1) is 6.92 Å². The number of carbonyl (C=O) groups excluding carboxylic acids is 1. The van der Waals surface area contributed by atoms with Crippen molar-refractivity contribution in [1.29, 1.82) is 0 Å². The van der Waals surface area contributed by atoms with Crippen LogP contribution in [0.4, 0.5) is 0 Å². The molecule has 4 aromatic rings. The van der Waals surface area contributed by atoms with Crippen LogP contribution in [-0.4, -0.2) is 10.9 Å². The third kappa shape index (κ3) is 2.24. The first-order chi connectivity index (χ1) is 11.1. The van der Waals surface area contributed by atoms with Gasteiger partial charge in [0.25, 0.3) is 5.91 Å². The van der Waals surface area contributed by atoms with Crippen molar-refractivity contribution in [2.75, 3.05) is 0 Å². The molecule has 0 aliphatic carbocycles. The minimum Gasteiger partial charge on any atom is -0.460 e. The van der Waals surface area contributed by atoms with Crippen molar-refractivity contribution < 1.29 is 13.9 Å². The molecule has 6 heteroatoms. The Hall–Kier alpha value is -2.86. The maximum atomic E-state index is 11.5. The van der Waals surface area contributed by atoms with Crippen molar-refractivity contribution in [2.24, 2.45) is 5.73 Å². The number of benzene rings is 1. The zero-order chi connectivity index (χ0) is 16.0. The molecule has 0 spiro atoms. The minimum atomic E-state index is -0.496. The Morgan fingerprint density at radius 1 is 1.30 bits per heavy atom. The van der Waals surface area contributed by atoms with Crippen molar-refractivity contribution in [3.05, 3.63) is 53.2 Å². The molecular weight excluding hydrogens is 312 g/mol. The number of thiophene rings is 1. The van der Waals surface area contributed by atoms with Crippen LogP contribution in [0.25, 0.3) is 21.2 Å². The summed E-state index contributed by atoms with van der Waals surface area (Å²) in [6.07, 6.45) is 1.71. The molecule has 4 rings (SSSR count). The maximum Gasteiger partial charge on any atom is 0.252 e. The van der Waals surface area contributed by atoms with Gasteiger partial charge >= 0.3 is 0 Å². The van der Waals surface area contributed by atoms with Gasteiger partial charge in [0, 0.05) is 23.7 Å². The van der Waals surface area contributed by atoms with Gasteiger partial charge in [-0.2, -0.15) is 0 Å². The number of aromatic nitrogens is 1. The summed E-state index contributed by atoms with van der Waals surface area (Å²) in [5, 5.41) is 2.67. The van der Waals surface area contributed by atoms with E-state index < -0.39 is 5.91 Å². The Morgan fingerprint density at radius 3 is 3.00 bits per heavy atom. The van der Waals surface area contributed by atoms with Gasteiger partial charge in [-0.25, -0.2) is 0 Å². The molecule has 0 fully saturated rings. The van der Waals surface area contributed by atoms with Gasteiger partial charge in [-0.3, -0.25) is 9.78 Å². The largest absolute Gasteiger partial charge is 0.460 e. The molecule has 0 saturated carbocycles. The molecule has 0 atom stereocenters. The fourth-order valence-electron chi connectivity index (χ4n) is 2.63. The molecule has 0 bridgehead atoms. The van der Waals surface area contributed by atoms with Gasteiger partial charge in [0.1, 0.15) is 22.8 Å². The van der Waals surface area contributed by atoms with Crippen LogP contribution in [-0.2, 0) is 0 Å². The highest BCUT2D eigenvalue weighted by molar-refractivity contribution is 7.17. The molecule has 3 aromatic heterocycles. The molecule has 0 aliphatic heterocycles. The highest BCUT2D eigenvalue weighted by atomic mass is 32.1. The summed E-state index contributed by atoms with van der Waals surface area (Å²) in [4.78, 5) is 15.8. The smallest absolute Gasteiger partial charge is 0.252 e. The first kappa shape index (κ1) is 13.8. The summed E-state index contributed by atoms with van der Waals surface area (Å²) in [6.45, 7) is 1.72. The van der Waals surface area contributed by atoms with E-state index in [1.807, 2.05) is 17.5 Å². The van der Waals surface area contributed by atoms with Gasteiger partial charge in [-0.1, -0.05) is 0 Å². The van der Waals surface area contributed by atoms with Crippen molar-refractivity contribution in [1.82, 2.24) is 4.98 Å². The second kappa shape index (κ2) is 5.10. The van der Waals surface area contributed by atoms with Gasteiger partial charge in [-0.15, -0.1) is 11.3 Å². The van der Waals surface area contributed by atoms with Crippen LogP contribution in [0.5, 0.6) is 11.5 Å². The topological polar surface area (TPSA) is 78.3 Å². The van der Waals surface area contributed by atoms with Crippen molar-refractivity contribution >= 4 is 38.4 Å². The van der Waals surface area contributed by atoms with Crippen molar-refractivity contribution in [3.63, 3.8) is 0 Å². The first-order valence-corrected chi connectivity index (χ1v) is 7.84. The molecule has 1 amide bonds. The number of carbonyl (C=O) groups is 1. The SMILES string of the molecule is Cc1oc2cc(Oc3ccnc4ccsc34)ccc2c1C(N)=O. The Balaban J connectivity index is 1.78. The average molecular weight is 324 g/mol. The summed E-state index contributed by atoms with van der Waals surface area (Å²) in [5.74, 6) is 1.38. The second-order valence-corrected chi connectivity index (χ2v) is 6.02. The summed E-state index contributed by atoms with van der Waals surface area (Å²) in [7, 11) is 0. The highest BCUT2D eigenvalue weighted by Crippen LogP contribution is 2.34. The first-order valence-electron chi connectivity index (χ1n) is 6.96. The van der Waals surface area contributed by atoms with Crippen LogP contribution >= 0.6 is 11.3 Å². The average Bonchev–Trinajstić information content (AvgIpc) is 3.10. The number of ether oxygens (including phenoxy) is 1. The third-order valence-electron chi connectivity index (χ3n) is 3.62. The molecule has 114 valence electrons. The number of nitrogens with two attached hydrogens (primary N) is 1. The monoisotopic (exact) mass is 324 g/mol. The standard InChI is InChI=1S/C17H12N2O3S/c1-9-15(17(18)20)11-3-2-10(8-14(11)21-9)22-13-4-6-19-12-5-7-23-16(12)13/h2-8H,1H3,(H2,18,20). The van der Waals surface area contributed by atoms with Crippen LogP contribution in [0.1, 0.15) is 16.1 Å². The minimum absolute atomic E-state index is 0.413. The summed E-state index contributed by atoms with van der Waals surface area (Å²) < 4.78 is 12.6.